The predicted molar refractivity (Wildman–Crippen MR) is 83.4 cm³/mol. The molecule has 21 heavy (non-hydrogen) atoms. The van der Waals surface area contributed by atoms with Crippen molar-refractivity contribution < 1.29 is 14.7 Å². The van der Waals surface area contributed by atoms with Crippen LogP contribution in [-0.2, 0) is 11.2 Å². The molecule has 1 atom stereocenters. The zero-order chi connectivity index (χ0) is 15.8. The molecule has 0 aliphatic rings. The van der Waals surface area contributed by atoms with Gasteiger partial charge in [0.25, 0.3) is 0 Å². The molecular formula is C16H24N2O3. The topological polar surface area (TPSA) is 78.4 Å². The van der Waals surface area contributed by atoms with E-state index in [9.17, 15) is 9.59 Å². The van der Waals surface area contributed by atoms with Gasteiger partial charge in [0, 0.05) is 12.2 Å². The van der Waals surface area contributed by atoms with Crippen molar-refractivity contribution in [1.82, 2.24) is 5.32 Å². The number of carboxylic acid groups (broad SMARTS) is 1. The number of anilines is 1. The molecule has 0 fully saturated rings. The normalized spacial score (nSPS) is 12.0. The molecule has 0 aromatic heterocycles. The van der Waals surface area contributed by atoms with Gasteiger partial charge in [-0.05, 0) is 30.0 Å². The Morgan fingerprint density at radius 3 is 2.29 bits per heavy atom. The minimum absolute atomic E-state index is 0.0314. The van der Waals surface area contributed by atoms with Crippen molar-refractivity contribution in [2.75, 3.05) is 11.9 Å². The summed E-state index contributed by atoms with van der Waals surface area (Å²) in [6, 6.07) is 7.27. The highest BCUT2D eigenvalue weighted by Gasteiger charge is 2.21. The minimum atomic E-state index is -0.894. The molecule has 2 amide bonds. The summed E-state index contributed by atoms with van der Waals surface area (Å²) < 4.78 is 0. The maximum Gasteiger partial charge on any atom is 0.319 e. The molecule has 5 nitrogen and oxygen atoms in total. The van der Waals surface area contributed by atoms with Gasteiger partial charge in [-0.2, -0.15) is 0 Å². The van der Waals surface area contributed by atoms with Gasteiger partial charge in [0.2, 0.25) is 0 Å². The molecule has 1 aromatic rings. The van der Waals surface area contributed by atoms with Crippen LogP contribution in [0, 0.1) is 11.8 Å². The zero-order valence-electron chi connectivity index (χ0n) is 12.8. The third-order valence-corrected chi connectivity index (χ3v) is 3.35. The molecule has 0 aliphatic carbocycles. The van der Waals surface area contributed by atoms with Crippen molar-refractivity contribution in [3.63, 3.8) is 0 Å². The van der Waals surface area contributed by atoms with E-state index in [-0.39, 0.29) is 18.5 Å². The Morgan fingerprint density at radius 1 is 1.19 bits per heavy atom. The van der Waals surface area contributed by atoms with E-state index in [0.29, 0.717) is 5.69 Å². The smallest absolute Gasteiger partial charge is 0.319 e. The van der Waals surface area contributed by atoms with Gasteiger partial charge in [0.05, 0.1) is 5.92 Å². The third-order valence-electron chi connectivity index (χ3n) is 3.35. The average molecular weight is 292 g/mol. The number of carbonyl (C=O) groups is 2. The van der Waals surface area contributed by atoms with E-state index in [1.54, 1.807) is 0 Å². The molecule has 1 aromatic carbocycles. The summed E-state index contributed by atoms with van der Waals surface area (Å²) in [6.07, 6.45) is 2.10. The summed E-state index contributed by atoms with van der Waals surface area (Å²) in [4.78, 5) is 22.8. The lowest BCUT2D eigenvalue weighted by Crippen LogP contribution is -2.37. The fourth-order valence-corrected chi connectivity index (χ4v) is 2.03. The standard InChI is InChI=1S/C16H24N2O3/c1-4-5-12-6-8-13(9-7-12)18-16(21)17-10-14(11(2)3)15(19)20/h6-9,11,14H,4-5,10H2,1-3H3,(H,19,20)(H2,17,18,21). The molecule has 0 bridgehead atoms. The molecular weight excluding hydrogens is 268 g/mol. The molecule has 116 valence electrons. The average Bonchev–Trinajstić information content (AvgIpc) is 2.40. The second kappa shape index (κ2) is 8.29. The van der Waals surface area contributed by atoms with E-state index < -0.39 is 11.9 Å². The highest BCUT2D eigenvalue weighted by molar-refractivity contribution is 5.89. The zero-order valence-corrected chi connectivity index (χ0v) is 12.8. The number of aliphatic carboxylic acids is 1. The number of urea groups is 1. The van der Waals surface area contributed by atoms with Crippen molar-refractivity contribution in [2.24, 2.45) is 11.8 Å². The van der Waals surface area contributed by atoms with E-state index >= 15 is 0 Å². The largest absolute Gasteiger partial charge is 0.481 e. The molecule has 0 saturated heterocycles. The van der Waals surface area contributed by atoms with Gasteiger partial charge in [-0.3, -0.25) is 4.79 Å². The van der Waals surface area contributed by atoms with Crippen LogP contribution in [-0.4, -0.2) is 23.7 Å². The van der Waals surface area contributed by atoms with Crippen LogP contribution in [0.25, 0.3) is 0 Å². The number of carbonyl (C=O) groups excluding carboxylic acids is 1. The number of carboxylic acids is 1. The molecule has 1 rings (SSSR count). The first-order valence-corrected chi connectivity index (χ1v) is 7.30. The summed E-state index contributed by atoms with van der Waals surface area (Å²) in [6.45, 7) is 5.88. The fourth-order valence-electron chi connectivity index (χ4n) is 2.03. The lowest BCUT2D eigenvalue weighted by atomic mass is 9.96. The van der Waals surface area contributed by atoms with Gasteiger partial charge in [-0.15, -0.1) is 0 Å². The van der Waals surface area contributed by atoms with Crippen molar-refractivity contribution in [1.29, 1.82) is 0 Å². The van der Waals surface area contributed by atoms with Crippen LogP contribution < -0.4 is 10.6 Å². The highest BCUT2D eigenvalue weighted by Crippen LogP contribution is 2.12. The van der Waals surface area contributed by atoms with Gasteiger partial charge in [-0.25, -0.2) is 4.79 Å². The first-order chi connectivity index (χ1) is 9.93. The number of nitrogens with one attached hydrogen (secondary N) is 2. The first kappa shape index (κ1) is 17.0. The van der Waals surface area contributed by atoms with Gasteiger partial charge < -0.3 is 15.7 Å². The van der Waals surface area contributed by atoms with Crippen LogP contribution in [0.2, 0.25) is 0 Å². The maximum atomic E-state index is 11.8. The van der Waals surface area contributed by atoms with E-state index in [1.165, 1.54) is 5.56 Å². The van der Waals surface area contributed by atoms with Crippen LogP contribution >= 0.6 is 0 Å². The monoisotopic (exact) mass is 292 g/mol. The summed E-state index contributed by atoms with van der Waals surface area (Å²) >= 11 is 0. The number of amides is 2. The lowest BCUT2D eigenvalue weighted by Gasteiger charge is -2.17. The number of benzene rings is 1. The number of rotatable bonds is 7. The number of hydrogen-bond acceptors (Lipinski definition) is 2. The molecule has 0 heterocycles. The molecule has 0 radical (unpaired) electrons. The summed E-state index contributed by atoms with van der Waals surface area (Å²) in [7, 11) is 0. The molecule has 0 saturated carbocycles. The van der Waals surface area contributed by atoms with Gasteiger partial charge in [0.1, 0.15) is 0 Å². The highest BCUT2D eigenvalue weighted by atomic mass is 16.4. The Balaban J connectivity index is 2.48. The Hall–Kier alpha value is -2.04. The predicted octanol–water partition coefficient (Wildman–Crippen LogP) is 3.12. The molecule has 0 spiro atoms. The molecule has 1 unspecified atom stereocenters. The van der Waals surface area contributed by atoms with E-state index in [2.05, 4.69) is 17.6 Å². The van der Waals surface area contributed by atoms with Crippen LogP contribution in [0.4, 0.5) is 10.5 Å². The molecule has 5 heteroatoms. The van der Waals surface area contributed by atoms with Crippen LogP contribution in [0.15, 0.2) is 24.3 Å². The first-order valence-electron chi connectivity index (χ1n) is 7.30. The van der Waals surface area contributed by atoms with Crippen molar-refractivity contribution in [2.45, 2.75) is 33.6 Å². The third kappa shape index (κ3) is 5.85. The lowest BCUT2D eigenvalue weighted by molar-refractivity contribution is -0.142. The second-order valence-electron chi connectivity index (χ2n) is 5.47. The van der Waals surface area contributed by atoms with Crippen molar-refractivity contribution in [3.05, 3.63) is 29.8 Å². The second-order valence-corrected chi connectivity index (χ2v) is 5.47. The van der Waals surface area contributed by atoms with Crippen molar-refractivity contribution in [3.8, 4) is 0 Å². The fraction of sp³-hybridized carbons (Fsp3) is 0.500. The van der Waals surface area contributed by atoms with Crippen LogP contribution in [0.3, 0.4) is 0 Å². The van der Waals surface area contributed by atoms with Gasteiger partial charge in [0.15, 0.2) is 0 Å². The summed E-state index contributed by atoms with van der Waals surface area (Å²) in [5, 5.41) is 14.4. The van der Waals surface area contributed by atoms with Crippen LogP contribution in [0.5, 0.6) is 0 Å². The maximum absolute atomic E-state index is 11.8. The minimum Gasteiger partial charge on any atom is -0.481 e. The van der Waals surface area contributed by atoms with E-state index in [1.807, 2.05) is 38.1 Å². The summed E-state index contributed by atoms with van der Waals surface area (Å²) in [5.41, 5.74) is 1.93. The van der Waals surface area contributed by atoms with Gasteiger partial charge >= 0.3 is 12.0 Å². The molecule has 0 aliphatic heterocycles. The molecule has 3 N–H and O–H groups in total. The van der Waals surface area contributed by atoms with Crippen LogP contribution in [0.1, 0.15) is 32.8 Å². The summed E-state index contributed by atoms with van der Waals surface area (Å²) in [5.74, 6) is -1.51. The van der Waals surface area contributed by atoms with Crippen molar-refractivity contribution >= 4 is 17.7 Å². The number of aryl methyl sites for hydroxylation is 1. The SMILES string of the molecule is CCCc1ccc(NC(=O)NCC(C(=O)O)C(C)C)cc1. The number of hydrogen-bond donors (Lipinski definition) is 3. The van der Waals surface area contributed by atoms with Gasteiger partial charge in [-0.1, -0.05) is 39.3 Å². The van der Waals surface area contributed by atoms with E-state index in [4.69, 9.17) is 5.11 Å². The Kier molecular flexibility index (Phi) is 6.72. The Bertz CT molecular complexity index is 469. The Morgan fingerprint density at radius 2 is 1.81 bits per heavy atom. The Labute approximate surface area is 125 Å². The quantitative estimate of drug-likeness (QED) is 0.722. The van der Waals surface area contributed by atoms with E-state index in [0.717, 1.165) is 12.8 Å².